The van der Waals surface area contributed by atoms with Crippen LogP contribution in [-0.4, -0.2) is 27.1 Å². The lowest BCUT2D eigenvalue weighted by molar-refractivity contribution is 0.0687. The Balaban J connectivity index is 2.01. The number of carboxylic acids is 1. The number of nitrogens with zero attached hydrogens (tertiary/aromatic N) is 2. The van der Waals surface area contributed by atoms with Crippen molar-refractivity contribution in [1.82, 2.24) is 9.97 Å². The third kappa shape index (κ3) is 3.41. The Morgan fingerprint density at radius 3 is 2.65 bits per heavy atom. The zero-order chi connectivity index (χ0) is 12.1. The van der Waals surface area contributed by atoms with Crippen molar-refractivity contribution >= 4 is 5.97 Å². The maximum Gasteiger partial charge on any atom is 0.354 e. The van der Waals surface area contributed by atoms with Crippen LogP contribution in [0.4, 0.5) is 0 Å². The van der Waals surface area contributed by atoms with E-state index < -0.39 is 5.97 Å². The third-order valence-corrected chi connectivity index (χ3v) is 2.93. The largest absolute Gasteiger partial charge is 0.477 e. The Labute approximate surface area is 99.9 Å². The Morgan fingerprint density at radius 2 is 2.00 bits per heavy atom. The number of carboxylic acid groups (broad SMARTS) is 1. The number of rotatable bonds is 3. The first-order valence-electron chi connectivity index (χ1n) is 5.99. The average Bonchev–Trinajstić information content (AvgIpc) is 2.58. The van der Waals surface area contributed by atoms with Crippen molar-refractivity contribution in [3.05, 3.63) is 18.0 Å². The molecule has 92 valence electrons. The predicted octanol–water partition coefficient (Wildman–Crippen LogP) is 2.28. The molecular weight excluding hydrogens is 220 g/mol. The number of aromatic nitrogens is 2. The Morgan fingerprint density at radius 1 is 1.29 bits per heavy atom. The van der Waals surface area contributed by atoms with Crippen molar-refractivity contribution in [3.8, 4) is 6.01 Å². The highest BCUT2D eigenvalue weighted by Gasteiger charge is 2.15. The van der Waals surface area contributed by atoms with E-state index in [2.05, 4.69) is 9.97 Å². The van der Waals surface area contributed by atoms with Gasteiger partial charge in [-0.15, -0.1) is 0 Å². The summed E-state index contributed by atoms with van der Waals surface area (Å²) in [4.78, 5) is 18.6. The molecule has 1 aliphatic carbocycles. The van der Waals surface area contributed by atoms with Crippen molar-refractivity contribution in [3.63, 3.8) is 0 Å². The maximum atomic E-state index is 10.8. The molecule has 0 unspecified atom stereocenters. The summed E-state index contributed by atoms with van der Waals surface area (Å²) in [6, 6.07) is 1.54. The van der Waals surface area contributed by atoms with Crippen LogP contribution < -0.4 is 4.74 Å². The van der Waals surface area contributed by atoms with Crippen molar-refractivity contribution in [2.24, 2.45) is 0 Å². The minimum atomic E-state index is -1.06. The standard InChI is InChI=1S/C12H16N2O3/c15-11(16)10-7-8-13-12(14-10)17-9-5-3-1-2-4-6-9/h7-9H,1-6H2,(H,15,16). The molecule has 1 aliphatic rings. The second-order valence-corrected chi connectivity index (χ2v) is 4.26. The lowest BCUT2D eigenvalue weighted by Gasteiger charge is -2.14. The molecule has 0 atom stereocenters. The van der Waals surface area contributed by atoms with Crippen molar-refractivity contribution in [2.75, 3.05) is 0 Å². The van der Waals surface area contributed by atoms with E-state index >= 15 is 0 Å². The van der Waals surface area contributed by atoms with Crippen molar-refractivity contribution in [2.45, 2.75) is 44.6 Å². The van der Waals surface area contributed by atoms with E-state index in [9.17, 15) is 4.79 Å². The molecule has 1 heterocycles. The molecule has 0 amide bonds. The second kappa shape index (κ2) is 5.61. The van der Waals surface area contributed by atoms with E-state index in [1.165, 1.54) is 25.1 Å². The number of hydrogen-bond donors (Lipinski definition) is 1. The van der Waals surface area contributed by atoms with E-state index in [0.29, 0.717) is 0 Å². The average molecular weight is 236 g/mol. The molecule has 0 aliphatic heterocycles. The highest BCUT2D eigenvalue weighted by atomic mass is 16.5. The van der Waals surface area contributed by atoms with Gasteiger partial charge in [-0.05, 0) is 31.7 Å². The van der Waals surface area contributed by atoms with Gasteiger partial charge in [0.1, 0.15) is 6.10 Å². The summed E-state index contributed by atoms with van der Waals surface area (Å²) in [5.74, 6) is -1.06. The van der Waals surface area contributed by atoms with E-state index in [1.807, 2.05) is 0 Å². The summed E-state index contributed by atoms with van der Waals surface area (Å²) >= 11 is 0. The van der Waals surface area contributed by atoms with Crippen molar-refractivity contribution in [1.29, 1.82) is 0 Å². The van der Waals surface area contributed by atoms with Gasteiger partial charge in [-0.25, -0.2) is 9.78 Å². The van der Waals surface area contributed by atoms with E-state index in [4.69, 9.17) is 9.84 Å². The molecule has 0 bridgehead atoms. The normalized spacial score (nSPS) is 17.4. The van der Waals surface area contributed by atoms with Gasteiger partial charge in [-0.1, -0.05) is 12.8 Å². The fourth-order valence-corrected chi connectivity index (χ4v) is 2.03. The van der Waals surface area contributed by atoms with Crippen LogP contribution in [0.3, 0.4) is 0 Å². The number of hydrogen-bond acceptors (Lipinski definition) is 4. The first-order chi connectivity index (χ1) is 8.25. The summed E-state index contributed by atoms with van der Waals surface area (Å²) in [7, 11) is 0. The molecule has 0 radical (unpaired) electrons. The monoisotopic (exact) mass is 236 g/mol. The van der Waals surface area contributed by atoms with Gasteiger partial charge in [0.15, 0.2) is 5.69 Å². The van der Waals surface area contributed by atoms with Gasteiger partial charge in [-0.3, -0.25) is 0 Å². The van der Waals surface area contributed by atoms with Gasteiger partial charge in [-0.2, -0.15) is 4.98 Å². The highest BCUT2D eigenvalue weighted by Crippen LogP contribution is 2.20. The summed E-state index contributed by atoms with van der Waals surface area (Å²) < 4.78 is 5.64. The number of ether oxygens (including phenoxy) is 1. The van der Waals surface area contributed by atoms with Gasteiger partial charge in [0.25, 0.3) is 0 Å². The smallest absolute Gasteiger partial charge is 0.354 e. The van der Waals surface area contributed by atoms with Gasteiger partial charge >= 0.3 is 12.0 Å². The molecule has 1 fully saturated rings. The lowest BCUT2D eigenvalue weighted by Crippen LogP contribution is -2.17. The topological polar surface area (TPSA) is 72.3 Å². The summed E-state index contributed by atoms with van der Waals surface area (Å²) in [5.41, 5.74) is -0.0244. The third-order valence-electron chi connectivity index (χ3n) is 2.93. The van der Waals surface area contributed by atoms with Crippen LogP contribution in [0.2, 0.25) is 0 Å². The van der Waals surface area contributed by atoms with Crippen LogP contribution in [0, 0.1) is 0 Å². The van der Waals surface area contributed by atoms with Crippen LogP contribution in [0.25, 0.3) is 0 Å². The Bertz CT molecular complexity index is 387. The van der Waals surface area contributed by atoms with Crippen LogP contribution in [-0.2, 0) is 0 Å². The number of carbonyl (C=O) groups is 1. The molecule has 0 spiro atoms. The first kappa shape index (κ1) is 11.8. The molecular formula is C12H16N2O3. The minimum absolute atomic E-state index is 0.0244. The van der Waals surface area contributed by atoms with Gasteiger partial charge in [0, 0.05) is 6.20 Å². The van der Waals surface area contributed by atoms with E-state index in [-0.39, 0.29) is 17.8 Å². The molecule has 0 aromatic carbocycles. The summed E-state index contributed by atoms with van der Waals surface area (Å²) in [5, 5.41) is 8.81. The molecule has 1 saturated carbocycles. The minimum Gasteiger partial charge on any atom is -0.477 e. The Kier molecular flexibility index (Phi) is 3.90. The van der Waals surface area contributed by atoms with Crippen LogP contribution >= 0.6 is 0 Å². The van der Waals surface area contributed by atoms with Gasteiger partial charge in [0.05, 0.1) is 0 Å². The lowest BCUT2D eigenvalue weighted by atomic mass is 10.2. The fourth-order valence-electron chi connectivity index (χ4n) is 2.03. The molecule has 1 aromatic rings. The quantitative estimate of drug-likeness (QED) is 0.815. The SMILES string of the molecule is O=C(O)c1ccnc(OC2CCCCCC2)n1. The maximum absolute atomic E-state index is 10.8. The van der Waals surface area contributed by atoms with E-state index in [1.54, 1.807) is 0 Å². The van der Waals surface area contributed by atoms with Crippen LogP contribution in [0.5, 0.6) is 6.01 Å². The zero-order valence-corrected chi connectivity index (χ0v) is 9.63. The predicted molar refractivity (Wildman–Crippen MR) is 61.1 cm³/mol. The number of aromatic carboxylic acids is 1. The zero-order valence-electron chi connectivity index (χ0n) is 9.63. The first-order valence-corrected chi connectivity index (χ1v) is 5.99. The molecule has 5 heteroatoms. The fraction of sp³-hybridized carbons (Fsp3) is 0.583. The van der Waals surface area contributed by atoms with Gasteiger partial charge in [0.2, 0.25) is 0 Å². The van der Waals surface area contributed by atoms with Crippen LogP contribution in [0.1, 0.15) is 49.0 Å². The molecule has 2 rings (SSSR count). The molecule has 0 saturated heterocycles. The molecule has 17 heavy (non-hydrogen) atoms. The Hall–Kier alpha value is -1.65. The second-order valence-electron chi connectivity index (χ2n) is 4.26. The molecule has 1 N–H and O–H groups in total. The van der Waals surface area contributed by atoms with Gasteiger partial charge < -0.3 is 9.84 Å². The summed E-state index contributed by atoms with van der Waals surface area (Å²) in [6.45, 7) is 0. The summed E-state index contributed by atoms with van der Waals surface area (Å²) in [6.07, 6.45) is 8.35. The molecule has 1 aromatic heterocycles. The molecule has 5 nitrogen and oxygen atoms in total. The highest BCUT2D eigenvalue weighted by molar-refractivity contribution is 5.85. The van der Waals surface area contributed by atoms with Crippen molar-refractivity contribution < 1.29 is 14.6 Å². The van der Waals surface area contributed by atoms with E-state index in [0.717, 1.165) is 25.7 Å². The van der Waals surface area contributed by atoms with Crippen LogP contribution in [0.15, 0.2) is 12.3 Å².